The second-order valence-electron chi connectivity index (χ2n) is 6.91. The quantitative estimate of drug-likeness (QED) is 0.750. The lowest BCUT2D eigenvalue weighted by atomic mass is 10.00. The molecule has 2 aromatic heterocycles. The van der Waals surface area contributed by atoms with E-state index >= 15 is 0 Å². The molecule has 5 nitrogen and oxygen atoms in total. The summed E-state index contributed by atoms with van der Waals surface area (Å²) in [5.41, 5.74) is 1.96. The summed E-state index contributed by atoms with van der Waals surface area (Å²) in [6.07, 6.45) is 6.40. The SMILES string of the molecule is Cc1cc(-c2ncc[nH]2)nc([C@H]2CCCCN2Cc2cc(F)ccc2F)n1. The molecule has 1 aliphatic heterocycles. The van der Waals surface area contributed by atoms with E-state index in [2.05, 4.69) is 19.9 Å². The van der Waals surface area contributed by atoms with Crippen LogP contribution in [-0.4, -0.2) is 31.4 Å². The first-order valence-electron chi connectivity index (χ1n) is 9.13. The number of nitrogens with one attached hydrogen (secondary N) is 1. The summed E-state index contributed by atoms with van der Waals surface area (Å²) in [5.74, 6) is 0.590. The Morgan fingerprint density at radius 2 is 2.07 bits per heavy atom. The van der Waals surface area contributed by atoms with Crippen LogP contribution in [-0.2, 0) is 6.54 Å². The van der Waals surface area contributed by atoms with Gasteiger partial charge < -0.3 is 4.98 Å². The molecule has 1 N–H and O–H groups in total. The molecule has 0 amide bonds. The van der Waals surface area contributed by atoms with Crippen LogP contribution in [0.4, 0.5) is 8.78 Å². The molecule has 1 aromatic carbocycles. The van der Waals surface area contributed by atoms with Crippen LogP contribution < -0.4 is 0 Å². The molecule has 0 aliphatic carbocycles. The predicted molar refractivity (Wildman–Crippen MR) is 97.7 cm³/mol. The summed E-state index contributed by atoms with van der Waals surface area (Å²) in [5, 5.41) is 0. The van der Waals surface area contributed by atoms with Gasteiger partial charge >= 0.3 is 0 Å². The number of rotatable bonds is 4. The summed E-state index contributed by atoms with van der Waals surface area (Å²) in [7, 11) is 0. The number of nitrogens with zero attached hydrogens (tertiary/aromatic N) is 4. The average molecular weight is 369 g/mol. The van der Waals surface area contributed by atoms with Gasteiger partial charge in [-0.05, 0) is 50.6 Å². The molecule has 1 atom stereocenters. The van der Waals surface area contributed by atoms with Gasteiger partial charge in [-0.25, -0.2) is 23.7 Å². The van der Waals surface area contributed by atoms with Crippen LogP contribution in [0.1, 0.15) is 42.4 Å². The maximum absolute atomic E-state index is 14.1. The Bertz CT molecular complexity index is 926. The summed E-state index contributed by atoms with van der Waals surface area (Å²) in [4.78, 5) is 18.8. The Kier molecular flexibility index (Phi) is 4.94. The van der Waals surface area contributed by atoms with Crippen molar-refractivity contribution in [1.82, 2.24) is 24.8 Å². The lowest BCUT2D eigenvalue weighted by molar-refractivity contribution is 0.132. The topological polar surface area (TPSA) is 57.7 Å². The fourth-order valence-electron chi connectivity index (χ4n) is 3.62. The second kappa shape index (κ2) is 7.52. The Labute approximate surface area is 156 Å². The average Bonchev–Trinajstić information content (AvgIpc) is 3.19. The van der Waals surface area contributed by atoms with Crippen molar-refractivity contribution in [3.05, 3.63) is 65.4 Å². The van der Waals surface area contributed by atoms with Crippen LogP contribution in [0.2, 0.25) is 0 Å². The number of imidazole rings is 1. The van der Waals surface area contributed by atoms with E-state index in [9.17, 15) is 8.78 Å². The maximum atomic E-state index is 14.1. The number of hydrogen-bond acceptors (Lipinski definition) is 4. The first kappa shape index (κ1) is 17.7. The maximum Gasteiger partial charge on any atom is 0.156 e. The van der Waals surface area contributed by atoms with E-state index in [0.29, 0.717) is 23.8 Å². The minimum Gasteiger partial charge on any atom is -0.343 e. The van der Waals surface area contributed by atoms with Gasteiger partial charge in [0.2, 0.25) is 0 Å². The van der Waals surface area contributed by atoms with Crippen molar-refractivity contribution in [3.63, 3.8) is 0 Å². The number of hydrogen-bond donors (Lipinski definition) is 1. The smallest absolute Gasteiger partial charge is 0.156 e. The minimum absolute atomic E-state index is 0.0324. The third kappa shape index (κ3) is 3.88. The number of H-pyrrole nitrogens is 1. The highest BCUT2D eigenvalue weighted by atomic mass is 19.1. The molecule has 1 saturated heterocycles. The van der Waals surface area contributed by atoms with Crippen LogP contribution in [0, 0.1) is 18.6 Å². The van der Waals surface area contributed by atoms with E-state index in [-0.39, 0.29) is 11.9 Å². The number of benzene rings is 1. The van der Waals surface area contributed by atoms with Crippen molar-refractivity contribution in [3.8, 4) is 11.5 Å². The van der Waals surface area contributed by atoms with Gasteiger partial charge in [-0.1, -0.05) is 6.42 Å². The minimum atomic E-state index is -0.424. The zero-order chi connectivity index (χ0) is 18.8. The van der Waals surface area contributed by atoms with Crippen molar-refractivity contribution in [2.45, 2.75) is 38.8 Å². The summed E-state index contributed by atoms with van der Waals surface area (Å²) < 4.78 is 27.7. The molecule has 3 heterocycles. The van der Waals surface area contributed by atoms with Crippen LogP contribution in [0.5, 0.6) is 0 Å². The van der Waals surface area contributed by atoms with Crippen molar-refractivity contribution >= 4 is 0 Å². The summed E-state index contributed by atoms with van der Waals surface area (Å²) in [6, 6.07) is 5.46. The molecule has 0 spiro atoms. The van der Waals surface area contributed by atoms with Crippen LogP contribution in [0.3, 0.4) is 0 Å². The Balaban J connectivity index is 1.65. The molecule has 0 radical (unpaired) electrons. The largest absolute Gasteiger partial charge is 0.343 e. The summed E-state index contributed by atoms with van der Waals surface area (Å²) >= 11 is 0. The van der Waals surface area contributed by atoms with Gasteiger partial charge in [0.15, 0.2) is 5.82 Å². The van der Waals surface area contributed by atoms with Crippen molar-refractivity contribution < 1.29 is 8.78 Å². The molecule has 140 valence electrons. The Hall–Kier alpha value is -2.67. The van der Waals surface area contributed by atoms with Gasteiger partial charge in [0.25, 0.3) is 0 Å². The molecule has 0 unspecified atom stereocenters. The highest BCUT2D eigenvalue weighted by Crippen LogP contribution is 2.31. The number of likely N-dealkylation sites (tertiary alicyclic amines) is 1. The number of aromatic nitrogens is 4. The van der Waals surface area contributed by atoms with Crippen LogP contribution in [0.25, 0.3) is 11.5 Å². The molecule has 0 bridgehead atoms. The van der Waals surface area contributed by atoms with E-state index in [1.165, 1.54) is 12.1 Å². The van der Waals surface area contributed by atoms with Gasteiger partial charge in [0, 0.05) is 30.2 Å². The van der Waals surface area contributed by atoms with Crippen LogP contribution >= 0.6 is 0 Å². The monoisotopic (exact) mass is 369 g/mol. The number of piperidine rings is 1. The second-order valence-corrected chi connectivity index (χ2v) is 6.91. The van der Waals surface area contributed by atoms with E-state index in [1.54, 1.807) is 12.4 Å². The third-order valence-electron chi connectivity index (χ3n) is 4.91. The first-order valence-corrected chi connectivity index (χ1v) is 9.13. The van der Waals surface area contributed by atoms with E-state index in [1.807, 2.05) is 13.0 Å². The van der Waals surface area contributed by atoms with Gasteiger partial charge in [0.05, 0.1) is 6.04 Å². The van der Waals surface area contributed by atoms with Crippen molar-refractivity contribution in [1.29, 1.82) is 0 Å². The van der Waals surface area contributed by atoms with Crippen molar-refractivity contribution in [2.75, 3.05) is 6.54 Å². The van der Waals surface area contributed by atoms with E-state index < -0.39 is 5.82 Å². The molecule has 7 heteroatoms. The molecule has 1 fully saturated rings. The predicted octanol–water partition coefficient (Wildman–Crippen LogP) is 4.18. The molecule has 1 aliphatic rings. The van der Waals surface area contributed by atoms with Gasteiger partial charge in [-0.15, -0.1) is 0 Å². The lowest BCUT2D eigenvalue weighted by Gasteiger charge is -2.35. The van der Waals surface area contributed by atoms with Crippen molar-refractivity contribution in [2.24, 2.45) is 0 Å². The fourth-order valence-corrected chi connectivity index (χ4v) is 3.62. The number of halogens is 2. The molecule has 0 saturated carbocycles. The van der Waals surface area contributed by atoms with E-state index in [4.69, 9.17) is 4.98 Å². The zero-order valence-electron chi connectivity index (χ0n) is 15.1. The van der Waals surface area contributed by atoms with Gasteiger partial charge in [-0.3, -0.25) is 4.90 Å². The van der Waals surface area contributed by atoms with Gasteiger partial charge in [0.1, 0.15) is 23.2 Å². The van der Waals surface area contributed by atoms with E-state index in [0.717, 1.165) is 43.3 Å². The molecular weight excluding hydrogens is 348 g/mol. The molecular formula is C20H21F2N5. The summed E-state index contributed by atoms with van der Waals surface area (Å²) in [6.45, 7) is 3.06. The third-order valence-corrected chi connectivity index (χ3v) is 4.91. The molecule has 3 aromatic rings. The Morgan fingerprint density at radius 1 is 1.19 bits per heavy atom. The standard InChI is InChI=1S/C20H21F2N5/c1-13-10-17(19-23-7-8-24-19)26-20(25-13)18-4-2-3-9-27(18)12-14-11-15(21)5-6-16(14)22/h5-8,10-11,18H,2-4,9,12H2,1H3,(H,23,24)/t18-/m1/s1. The normalized spacial score (nSPS) is 18.0. The number of aryl methyl sites for hydroxylation is 1. The Morgan fingerprint density at radius 3 is 2.89 bits per heavy atom. The van der Waals surface area contributed by atoms with Gasteiger partial charge in [-0.2, -0.15) is 0 Å². The lowest BCUT2D eigenvalue weighted by Crippen LogP contribution is -2.34. The highest BCUT2D eigenvalue weighted by Gasteiger charge is 2.28. The number of aromatic amines is 1. The van der Waals surface area contributed by atoms with Crippen LogP contribution in [0.15, 0.2) is 36.7 Å². The zero-order valence-corrected chi connectivity index (χ0v) is 15.1. The molecule has 4 rings (SSSR count). The molecule has 27 heavy (non-hydrogen) atoms. The first-order chi connectivity index (χ1) is 13.1. The highest BCUT2D eigenvalue weighted by molar-refractivity contribution is 5.49. The fraction of sp³-hybridized carbons (Fsp3) is 0.350.